The number of methoxy groups -OCH3 is 1. The maximum atomic E-state index is 12.4. The number of rotatable bonds is 2. The van der Waals surface area contributed by atoms with Gasteiger partial charge in [-0.15, -0.1) is 0 Å². The van der Waals surface area contributed by atoms with Crippen LogP contribution in [0.3, 0.4) is 0 Å². The fourth-order valence-electron chi connectivity index (χ4n) is 2.77. The zero-order chi connectivity index (χ0) is 12.4. The van der Waals surface area contributed by atoms with Crippen LogP contribution in [0, 0.1) is 11.8 Å². The summed E-state index contributed by atoms with van der Waals surface area (Å²) in [5.74, 6) is 0.187. The number of nitrogens with zero attached hydrogens (tertiary/aromatic N) is 1. The van der Waals surface area contributed by atoms with Crippen LogP contribution in [0.5, 0.6) is 0 Å². The molecule has 2 aliphatic rings. The molecule has 0 aromatic heterocycles. The van der Waals surface area contributed by atoms with E-state index in [-0.39, 0.29) is 23.8 Å². The average molecular weight is 240 g/mol. The molecule has 1 N–H and O–H groups in total. The van der Waals surface area contributed by atoms with E-state index >= 15 is 0 Å². The lowest BCUT2D eigenvalue weighted by Gasteiger charge is -2.26. The monoisotopic (exact) mass is 240 g/mol. The summed E-state index contributed by atoms with van der Waals surface area (Å²) in [6.45, 7) is 4.37. The molecule has 2 aliphatic heterocycles. The van der Waals surface area contributed by atoms with E-state index < -0.39 is 0 Å². The molecule has 0 aromatic rings. The van der Waals surface area contributed by atoms with Crippen LogP contribution >= 0.6 is 0 Å². The summed E-state index contributed by atoms with van der Waals surface area (Å²) in [4.78, 5) is 25.7. The van der Waals surface area contributed by atoms with Crippen LogP contribution in [-0.2, 0) is 14.3 Å². The number of carbonyl (C=O) groups is 2. The Bertz CT molecular complexity index is 319. The van der Waals surface area contributed by atoms with Gasteiger partial charge in [0.2, 0.25) is 5.91 Å². The van der Waals surface area contributed by atoms with Gasteiger partial charge in [-0.25, -0.2) is 4.79 Å². The third-order valence-corrected chi connectivity index (χ3v) is 3.84. The molecule has 0 spiro atoms. The van der Waals surface area contributed by atoms with Gasteiger partial charge < -0.3 is 15.0 Å². The zero-order valence-electron chi connectivity index (χ0n) is 10.4. The first-order chi connectivity index (χ1) is 8.15. The first kappa shape index (κ1) is 12.4. The summed E-state index contributed by atoms with van der Waals surface area (Å²) in [5.41, 5.74) is 0. The van der Waals surface area contributed by atoms with Crippen molar-refractivity contribution in [3.63, 3.8) is 0 Å². The molecule has 17 heavy (non-hydrogen) atoms. The molecule has 5 nitrogen and oxygen atoms in total. The highest BCUT2D eigenvalue weighted by molar-refractivity contribution is 5.86. The number of likely N-dealkylation sites (tertiary alicyclic amines) is 1. The summed E-state index contributed by atoms with van der Waals surface area (Å²) >= 11 is 0. The van der Waals surface area contributed by atoms with Gasteiger partial charge in [0.05, 0.1) is 13.0 Å². The zero-order valence-corrected chi connectivity index (χ0v) is 10.4. The minimum absolute atomic E-state index is 0.0141. The van der Waals surface area contributed by atoms with Gasteiger partial charge in [0.15, 0.2) is 0 Å². The van der Waals surface area contributed by atoms with Gasteiger partial charge in [-0.3, -0.25) is 4.79 Å². The normalized spacial score (nSPS) is 32.8. The molecule has 1 amide bonds. The SMILES string of the molecule is COC(=O)C1CCCN1C(=O)[C@@H]1CNC[C@H]1C. The maximum absolute atomic E-state index is 12.4. The standard InChI is InChI=1S/C12H20N2O3/c1-8-6-13-7-9(8)11(15)14-5-3-4-10(14)12(16)17-2/h8-10,13H,3-7H2,1-2H3/t8-,9-,10?/m1/s1. The van der Waals surface area contributed by atoms with Crippen LogP contribution in [0.2, 0.25) is 0 Å². The van der Waals surface area contributed by atoms with E-state index in [4.69, 9.17) is 4.74 Å². The second-order valence-corrected chi connectivity index (χ2v) is 4.95. The Hall–Kier alpha value is -1.10. The number of amides is 1. The topological polar surface area (TPSA) is 58.6 Å². The molecule has 3 atom stereocenters. The summed E-state index contributed by atoms with van der Waals surface area (Å²) in [6.07, 6.45) is 1.62. The largest absolute Gasteiger partial charge is 0.467 e. The predicted octanol–water partition coefficient (Wildman–Crippen LogP) is 0.00590. The highest BCUT2D eigenvalue weighted by Gasteiger charge is 2.40. The van der Waals surface area contributed by atoms with Crippen molar-refractivity contribution >= 4 is 11.9 Å². The van der Waals surface area contributed by atoms with Gasteiger partial charge in [0.25, 0.3) is 0 Å². The summed E-state index contributed by atoms with van der Waals surface area (Å²) < 4.78 is 4.76. The lowest BCUT2D eigenvalue weighted by atomic mass is 9.96. The van der Waals surface area contributed by atoms with Gasteiger partial charge in [-0.05, 0) is 25.3 Å². The van der Waals surface area contributed by atoms with E-state index in [2.05, 4.69) is 12.2 Å². The highest BCUT2D eigenvalue weighted by Crippen LogP contribution is 2.25. The summed E-state index contributed by atoms with van der Waals surface area (Å²) in [6, 6.07) is -0.361. The minimum atomic E-state index is -0.361. The minimum Gasteiger partial charge on any atom is -0.467 e. The van der Waals surface area contributed by atoms with E-state index in [1.165, 1.54) is 7.11 Å². The number of hydrogen-bond acceptors (Lipinski definition) is 4. The maximum Gasteiger partial charge on any atom is 0.328 e. The Morgan fingerprint density at radius 2 is 2.12 bits per heavy atom. The van der Waals surface area contributed by atoms with Crippen LogP contribution in [0.15, 0.2) is 0 Å². The third kappa shape index (κ3) is 2.29. The van der Waals surface area contributed by atoms with Crippen LogP contribution < -0.4 is 5.32 Å². The third-order valence-electron chi connectivity index (χ3n) is 3.84. The molecular formula is C12H20N2O3. The number of carbonyl (C=O) groups excluding carboxylic acids is 2. The molecule has 0 aromatic carbocycles. The van der Waals surface area contributed by atoms with Crippen LogP contribution in [-0.4, -0.2) is 49.6 Å². The molecular weight excluding hydrogens is 220 g/mol. The quantitative estimate of drug-likeness (QED) is 0.691. The summed E-state index contributed by atoms with van der Waals surface area (Å²) in [7, 11) is 1.38. The smallest absolute Gasteiger partial charge is 0.328 e. The van der Waals surface area contributed by atoms with Crippen molar-refractivity contribution in [2.45, 2.75) is 25.8 Å². The number of hydrogen-bond donors (Lipinski definition) is 1. The molecule has 2 heterocycles. The Balaban J connectivity index is 2.05. The van der Waals surface area contributed by atoms with Gasteiger partial charge in [-0.2, -0.15) is 0 Å². The van der Waals surface area contributed by atoms with Crippen molar-refractivity contribution in [3.05, 3.63) is 0 Å². The number of esters is 1. The molecule has 0 saturated carbocycles. The Labute approximate surface area is 101 Å². The first-order valence-corrected chi connectivity index (χ1v) is 6.24. The fourth-order valence-corrected chi connectivity index (χ4v) is 2.77. The fraction of sp³-hybridized carbons (Fsp3) is 0.833. The second-order valence-electron chi connectivity index (χ2n) is 4.95. The second kappa shape index (κ2) is 5.04. The molecule has 1 unspecified atom stereocenters. The molecule has 0 radical (unpaired) electrons. The van der Waals surface area contributed by atoms with Gasteiger partial charge in [0.1, 0.15) is 6.04 Å². The molecule has 0 aliphatic carbocycles. The van der Waals surface area contributed by atoms with Crippen molar-refractivity contribution in [1.29, 1.82) is 0 Å². The van der Waals surface area contributed by atoms with Crippen molar-refractivity contribution in [2.75, 3.05) is 26.7 Å². The number of ether oxygens (including phenoxy) is 1. The molecule has 96 valence electrons. The Kier molecular flexibility index (Phi) is 3.66. The van der Waals surface area contributed by atoms with Crippen LogP contribution in [0.25, 0.3) is 0 Å². The van der Waals surface area contributed by atoms with Crippen LogP contribution in [0.1, 0.15) is 19.8 Å². The van der Waals surface area contributed by atoms with Crippen molar-refractivity contribution in [2.24, 2.45) is 11.8 Å². The molecule has 2 saturated heterocycles. The summed E-state index contributed by atoms with van der Waals surface area (Å²) in [5, 5.41) is 3.22. The molecule has 0 bridgehead atoms. The van der Waals surface area contributed by atoms with Crippen molar-refractivity contribution < 1.29 is 14.3 Å². The van der Waals surface area contributed by atoms with Crippen molar-refractivity contribution in [3.8, 4) is 0 Å². The lowest BCUT2D eigenvalue weighted by Crippen LogP contribution is -2.45. The van der Waals surface area contributed by atoms with E-state index in [0.717, 1.165) is 25.9 Å². The lowest BCUT2D eigenvalue weighted by molar-refractivity contribution is -0.152. The average Bonchev–Trinajstić information content (AvgIpc) is 2.95. The molecule has 5 heteroatoms. The van der Waals surface area contributed by atoms with E-state index in [1.54, 1.807) is 4.90 Å². The highest BCUT2D eigenvalue weighted by atomic mass is 16.5. The predicted molar refractivity (Wildman–Crippen MR) is 62.3 cm³/mol. The van der Waals surface area contributed by atoms with Gasteiger partial charge in [0, 0.05) is 13.1 Å². The van der Waals surface area contributed by atoms with E-state index in [1.807, 2.05) is 0 Å². The van der Waals surface area contributed by atoms with E-state index in [0.29, 0.717) is 12.5 Å². The first-order valence-electron chi connectivity index (χ1n) is 6.24. The van der Waals surface area contributed by atoms with E-state index in [9.17, 15) is 9.59 Å². The van der Waals surface area contributed by atoms with Gasteiger partial charge in [-0.1, -0.05) is 6.92 Å². The molecule has 2 rings (SSSR count). The Morgan fingerprint density at radius 3 is 2.71 bits per heavy atom. The Morgan fingerprint density at radius 1 is 1.35 bits per heavy atom. The number of nitrogens with one attached hydrogen (secondary N) is 1. The van der Waals surface area contributed by atoms with Crippen molar-refractivity contribution in [1.82, 2.24) is 10.2 Å². The van der Waals surface area contributed by atoms with Gasteiger partial charge >= 0.3 is 5.97 Å². The molecule has 2 fully saturated rings. The van der Waals surface area contributed by atoms with Crippen LogP contribution in [0.4, 0.5) is 0 Å².